The molecule has 154 valence electrons. The van der Waals surface area contributed by atoms with Crippen LogP contribution in [0.25, 0.3) is 0 Å². The molecule has 3 rings (SSSR count). The highest BCUT2D eigenvalue weighted by molar-refractivity contribution is 7.92. The van der Waals surface area contributed by atoms with Gasteiger partial charge in [-0.25, -0.2) is 8.42 Å². The summed E-state index contributed by atoms with van der Waals surface area (Å²) in [4.78, 5) is 10.7. The summed E-state index contributed by atoms with van der Waals surface area (Å²) in [6, 6.07) is 7.98. The van der Waals surface area contributed by atoms with Crippen LogP contribution in [-0.2, 0) is 32.6 Å². The zero-order valence-corrected chi connectivity index (χ0v) is 15.5. The van der Waals surface area contributed by atoms with Gasteiger partial charge in [-0.1, -0.05) is 6.07 Å². The van der Waals surface area contributed by atoms with E-state index in [2.05, 4.69) is 4.72 Å². The topological polar surface area (TPSA) is 131 Å². The lowest BCUT2D eigenvalue weighted by Crippen LogP contribution is -2.36. The minimum atomic E-state index is -5.11. The highest BCUT2D eigenvalue weighted by atomic mass is 32.2. The number of benzene rings is 2. The van der Waals surface area contributed by atoms with Crippen molar-refractivity contribution in [1.29, 1.82) is 0 Å². The third-order valence-corrected chi connectivity index (χ3v) is 5.61. The first-order valence-electron chi connectivity index (χ1n) is 8.16. The van der Waals surface area contributed by atoms with E-state index < -0.39 is 35.8 Å². The maximum atomic E-state index is 12.8. The summed E-state index contributed by atoms with van der Waals surface area (Å²) in [5.41, 5.74) is 6.81. The van der Waals surface area contributed by atoms with Gasteiger partial charge >= 0.3 is 19.2 Å². The van der Waals surface area contributed by atoms with Crippen LogP contribution in [-0.4, -0.2) is 32.6 Å². The first-order chi connectivity index (χ1) is 13.5. The third kappa shape index (κ3) is 4.63. The SMILES string of the molecule is Nc1ccc(S(=O)(=O)Nc2ccc3c(c2)B(O)OC3)c(CNC(=O)C(F)(F)F)c1. The summed E-state index contributed by atoms with van der Waals surface area (Å²) in [7, 11) is -5.42. The summed E-state index contributed by atoms with van der Waals surface area (Å²) in [6.07, 6.45) is -5.11. The zero-order chi connectivity index (χ0) is 21.4. The molecular formula is C16H15BF3N3O5S. The van der Waals surface area contributed by atoms with Gasteiger partial charge in [-0.05, 0) is 46.9 Å². The van der Waals surface area contributed by atoms with Crippen molar-refractivity contribution in [2.75, 3.05) is 10.5 Å². The number of nitrogens with one attached hydrogen (secondary N) is 2. The Balaban J connectivity index is 1.87. The number of carbonyl (C=O) groups excluding carboxylic acids is 1. The Kier molecular flexibility index (Phi) is 5.47. The average molecular weight is 429 g/mol. The molecule has 5 N–H and O–H groups in total. The molecule has 2 aromatic rings. The molecule has 1 aliphatic heterocycles. The molecule has 1 heterocycles. The molecule has 0 bridgehead atoms. The number of nitrogens with two attached hydrogens (primary N) is 1. The maximum absolute atomic E-state index is 12.8. The van der Waals surface area contributed by atoms with E-state index >= 15 is 0 Å². The van der Waals surface area contributed by atoms with E-state index in [4.69, 9.17) is 10.4 Å². The van der Waals surface area contributed by atoms with Gasteiger partial charge in [-0.15, -0.1) is 0 Å². The summed E-state index contributed by atoms with van der Waals surface area (Å²) >= 11 is 0. The van der Waals surface area contributed by atoms with Crippen molar-refractivity contribution in [1.82, 2.24) is 5.32 Å². The van der Waals surface area contributed by atoms with E-state index in [1.165, 1.54) is 18.2 Å². The molecule has 13 heteroatoms. The normalized spacial score (nSPS) is 13.9. The molecule has 0 aliphatic carbocycles. The van der Waals surface area contributed by atoms with Crippen molar-refractivity contribution in [2.24, 2.45) is 0 Å². The molecule has 0 saturated heterocycles. The van der Waals surface area contributed by atoms with Crippen LogP contribution in [0, 0.1) is 0 Å². The molecule has 1 aliphatic rings. The van der Waals surface area contributed by atoms with Crippen molar-refractivity contribution in [2.45, 2.75) is 24.2 Å². The smallest absolute Gasteiger partial charge is 0.423 e. The van der Waals surface area contributed by atoms with E-state index in [1.54, 1.807) is 11.4 Å². The number of sulfonamides is 1. The molecule has 8 nitrogen and oxygen atoms in total. The highest BCUT2D eigenvalue weighted by Crippen LogP contribution is 2.23. The van der Waals surface area contributed by atoms with Gasteiger partial charge in [0.1, 0.15) is 0 Å². The van der Waals surface area contributed by atoms with Crippen molar-refractivity contribution in [3.05, 3.63) is 47.5 Å². The Hall–Kier alpha value is -2.77. The van der Waals surface area contributed by atoms with Crippen LogP contribution in [0.2, 0.25) is 0 Å². The lowest BCUT2D eigenvalue weighted by Gasteiger charge is -2.15. The number of anilines is 2. The molecule has 0 unspecified atom stereocenters. The number of rotatable bonds is 5. The summed E-state index contributed by atoms with van der Waals surface area (Å²) < 4.78 is 70.1. The van der Waals surface area contributed by atoms with Crippen LogP contribution in [0.3, 0.4) is 0 Å². The molecule has 0 spiro atoms. The second-order valence-electron chi connectivity index (χ2n) is 6.23. The van der Waals surface area contributed by atoms with E-state index in [-0.39, 0.29) is 28.4 Å². The lowest BCUT2D eigenvalue weighted by molar-refractivity contribution is -0.173. The number of fused-ring (bicyclic) bond motifs is 1. The van der Waals surface area contributed by atoms with Crippen molar-refractivity contribution < 1.29 is 36.1 Å². The van der Waals surface area contributed by atoms with E-state index in [0.717, 1.165) is 12.1 Å². The molecule has 0 atom stereocenters. The van der Waals surface area contributed by atoms with Crippen LogP contribution < -0.4 is 21.2 Å². The second kappa shape index (κ2) is 7.57. The van der Waals surface area contributed by atoms with Crippen LogP contribution in [0.1, 0.15) is 11.1 Å². The molecular weight excluding hydrogens is 414 g/mol. The number of hydrogen-bond acceptors (Lipinski definition) is 6. The van der Waals surface area contributed by atoms with Crippen molar-refractivity contribution >= 4 is 39.9 Å². The monoisotopic (exact) mass is 429 g/mol. The van der Waals surface area contributed by atoms with Crippen molar-refractivity contribution in [3.8, 4) is 0 Å². The molecule has 29 heavy (non-hydrogen) atoms. The van der Waals surface area contributed by atoms with Gasteiger partial charge in [0.25, 0.3) is 10.0 Å². The number of amides is 1. The number of hydrogen-bond donors (Lipinski definition) is 4. The quantitative estimate of drug-likeness (QED) is 0.404. The molecule has 0 aromatic heterocycles. The third-order valence-electron chi connectivity index (χ3n) is 4.13. The molecule has 2 aromatic carbocycles. The molecule has 0 saturated carbocycles. The fourth-order valence-electron chi connectivity index (χ4n) is 2.76. The van der Waals surface area contributed by atoms with E-state index in [1.807, 2.05) is 0 Å². The predicted molar refractivity (Wildman–Crippen MR) is 98.4 cm³/mol. The van der Waals surface area contributed by atoms with Crippen LogP contribution >= 0.6 is 0 Å². The van der Waals surface area contributed by atoms with Gasteiger partial charge in [-0.2, -0.15) is 13.2 Å². The maximum Gasteiger partial charge on any atom is 0.491 e. The standard InChI is InChI=1S/C16H15BF3N3O5S/c18-16(19,20)15(24)22-7-10-5-11(21)2-4-14(10)29(26,27)23-12-3-1-9-8-28-17(25)13(9)6-12/h1-6,23,25H,7-8,21H2,(H,22,24). The second-order valence-corrected chi connectivity index (χ2v) is 7.88. The Morgan fingerprint density at radius 2 is 1.97 bits per heavy atom. The summed E-state index contributed by atoms with van der Waals surface area (Å²) in [5, 5.41) is 11.4. The summed E-state index contributed by atoms with van der Waals surface area (Å²) in [6.45, 7) is -0.513. The van der Waals surface area contributed by atoms with Crippen molar-refractivity contribution in [3.63, 3.8) is 0 Å². The van der Waals surface area contributed by atoms with Gasteiger partial charge in [0.15, 0.2) is 0 Å². The fourth-order valence-corrected chi connectivity index (χ4v) is 4.03. The van der Waals surface area contributed by atoms with Gasteiger partial charge in [0.2, 0.25) is 0 Å². The Bertz CT molecular complexity index is 1060. The van der Waals surface area contributed by atoms with Gasteiger partial charge < -0.3 is 20.7 Å². The number of nitrogen functional groups attached to an aromatic ring is 1. The Labute approximate surface area is 164 Å². The molecule has 0 radical (unpaired) electrons. The van der Waals surface area contributed by atoms with Crippen LogP contribution in [0.5, 0.6) is 0 Å². The first-order valence-corrected chi connectivity index (χ1v) is 9.64. The minimum Gasteiger partial charge on any atom is -0.423 e. The van der Waals surface area contributed by atoms with E-state index in [9.17, 15) is 31.4 Å². The number of carbonyl (C=O) groups is 1. The van der Waals surface area contributed by atoms with Crippen LogP contribution in [0.4, 0.5) is 24.5 Å². The Morgan fingerprint density at radius 3 is 2.66 bits per heavy atom. The zero-order valence-electron chi connectivity index (χ0n) is 14.7. The minimum absolute atomic E-state index is 0.109. The average Bonchev–Trinajstić information content (AvgIpc) is 2.99. The molecule has 1 amide bonds. The van der Waals surface area contributed by atoms with Gasteiger partial charge in [0, 0.05) is 17.9 Å². The number of alkyl halides is 3. The lowest BCUT2D eigenvalue weighted by atomic mass is 9.79. The van der Waals surface area contributed by atoms with Gasteiger partial charge in [-0.3, -0.25) is 9.52 Å². The fraction of sp³-hybridized carbons (Fsp3) is 0.188. The largest absolute Gasteiger partial charge is 0.491 e. The highest BCUT2D eigenvalue weighted by Gasteiger charge is 2.38. The summed E-state index contributed by atoms with van der Waals surface area (Å²) in [5.74, 6) is -2.20. The first kappa shape index (κ1) is 21.0. The van der Waals surface area contributed by atoms with E-state index in [0.29, 0.717) is 11.0 Å². The van der Waals surface area contributed by atoms with Crippen LogP contribution in [0.15, 0.2) is 41.3 Å². The van der Waals surface area contributed by atoms with Gasteiger partial charge in [0.05, 0.1) is 11.5 Å². The molecule has 0 fully saturated rings. The Morgan fingerprint density at radius 1 is 1.24 bits per heavy atom. The number of halogens is 3. The predicted octanol–water partition coefficient (Wildman–Crippen LogP) is 0.466.